The summed E-state index contributed by atoms with van der Waals surface area (Å²) in [6, 6.07) is 43.8. The van der Waals surface area contributed by atoms with Crippen LogP contribution in [0.15, 0.2) is 138 Å². The van der Waals surface area contributed by atoms with Crippen molar-refractivity contribution in [2.75, 3.05) is 0 Å². The molecule has 37 heavy (non-hydrogen) atoms. The Balaban J connectivity index is 1.40. The van der Waals surface area contributed by atoms with Crippen LogP contribution >= 0.6 is 0 Å². The van der Waals surface area contributed by atoms with Crippen LogP contribution in [0.5, 0.6) is 0 Å². The lowest BCUT2D eigenvalue weighted by Gasteiger charge is -2.11. The molecule has 0 bridgehead atoms. The highest BCUT2D eigenvalue weighted by Crippen LogP contribution is 2.36. The number of para-hydroxylation sites is 2. The molecule has 0 saturated carbocycles. The molecule has 0 amide bonds. The van der Waals surface area contributed by atoms with Gasteiger partial charge in [-0.2, -0.15) is 0 Å². The highest BCUT2D eigenvalue weighted by Gasteiger charge is 2.15. The summed E-state index contributed by atoms with van der Waals surface area (Å²) in [5.74, 6) is 0.647. The first-order valence-electron chi connectivity index (χ1n) is 12.3. The number of nitrogens with zero attached hydrogens (tertiary/aromatic N) is 2. The van der Waals surface area contributed by atoms with Gasteiger partial charge >= 0.3 is 0 Å². The van der Waals surface area contributed by atoms with Crippen LogP contribution in [0.4, 0.5) is 0 Å². The van der Waals surface area contributed by atoms with Gasteiger partial charge in [-0.25, -0.2) is 9.97 Å². The fourth-order valence-corrected chi connectivity index (χ4v) is 4.94. The van der Waals surface area contributed by atoms with E-state index in [0.717, 1.165) is 49.9 Å². The summed E-state index contributed by atoms with van der Waals surface area (Å²) >= 11 is 0. The number of aromatic nitrogens is 2. The molecule has 0 aliphatic heterocycles. The van der Waals surface area contributed by atoms with Crippen LogP contribution in [0.25, 0.3) is 66.8 Å². The van der Waals surface area contributed by atoms with Crippen molar-refractivity contribution in [2.45, 2.75) is 0 Å². The summed E-state index contributed by atoms with van der Waals surface area (Å²) in [6.45, 7) is 0. The normalized spacial score (nSPS) is 11.2. The van der Waals surface area contributed by atoms with Gasteiger partial charge in [0.15, 0.2) is 5.82 Å². The molecular formula is C34H22N2O. The molecule has 0 atom stereocenters. The lowest BCUT2D eigenvalue weighted by Crippen LogP contribution is -1.93. The second-order valence-corrected chi connectivity index (χ2v) is 9.08. The fourth-order valence-electron chi connectivity index (χ4n) is 4.94. The van der Waals surface area contributed by atoms with E-state index < -0.39 is 0 Å². The average molecular weight is 475 g/mol. The SMILES string of the molecule is c1ccc(-c2cc(-c3ccccc3)cc(-c3ccnc(-c4cccc5c4oc4ccccc45)n3)c2)cc1. The molecule has 3 heteroatoms. The number of hydrogen-bond acceptors (Lipinski definition) is 3. The maximum Gasteiger partial charge on any atom is 0.163 e. The van der Waals surface area contributed by atoms with Gasteiger partial charge in [0.2, 0.25) is 0 Å². The summed E-state index contributed by atoms with van der Waals surface area (Å²) in [6.07, 6.45) is 1.83. The van der Waals surface area contributed by atoms with Gasteiger partial charge in [0.1, 0.15) is 11.2 Å². The van der Waals surface area contributed by atoms with Gasteiger partial charge in [-0.05, 0) is 58.7 Å². The second-order valence-electron chi connectivity index (χ2n) is 9.08. The molecule has 0 radical (unpaired) electrons. The van der Waals surface area contributed by atoms with Crippen LogP contribution in [0.2, 0.25) is 0 Å². The zero-order valence-electron chi connectivity index (χ0n) is 20.0. The molecule has 0 unspecified atom stereocenters. The van der Waals surface area contributed by atoms with E-state index in [1.807, 2.05) is 54.7 Å². The molecule has 7 aromatic rings. The summed E-state index contributed by atoms with van der Waals surface area (Å²) in [5.41, 5.74) is 9.11. The van der Waals surface area contributed by atoms with E-state index in [0.29, 0.717) is 5.82 Å². The number of furan rings is 1. The molecule has 174 valence electrons. The summed E-state index contributed by atoms with van der Waals surface area (Å²) < 4.78 is 6.26. The average Bonchev–Trinajstić information content (AvgIpc) is 3.37. The first-order chi connectivity index (χ1) is 18.3. The first-order valence-corrected chi connectivity index (χ1v) is 12.3. The van der Waals surface area contributed by atoms with Crippen molar-refractivity contribution in [3.05, 3.63) is 134 Å². The molecule has 3 nitrogen and oxygen atoms in total. The molecule has 0 N–H and O–H groups in total. The summed E-state index contributed by atoms with van der Waals surface area (Å²) in [7, 11) is 0. The number of rotatable bonds is 4. The smallest absolute Gasteiger partial charge is 0.163 e. The van der Waals surface area contributed by atoms with Crippen LogP contribution < -0.4 is 0 Å². The van der Waals surface area contributed by atoms with E-state index in [2.05, 4.69) is 83.8 Å². The zero-order valence-corrected chi connectivity index (χ0v) is 20.0. The molecule has 0 spiro atoms. The van der Waals surface area contributed by atoms with E-state index >= 15 is 0 Å². The van der Waals surface area contributed by atoms with E-state index in [1.165, 1.54) is 11.1 Å². The van der Waals surface area contributed by atoms with Gasteiger partial charge in [0.25, 0.3) is 0 Å². The van der Waals surface area contributed by atoms with Gasteiger partial charge in [0, 0.05) is 22.5 Å². The lowest BCUT2D eigenvalue weighted by atomic mass is 9.95. The quantitative estimate of drug-likeness (QED) is 0.255. The molecule has 0 aliphatic carbocycles. The number of fused-ring (bicyclic) bond motifs is 3. The molecule has 0 saturated heterocycles. The van der Waals surface area contributed by atoms with Crippen molar-refractivity contribution in [2.24, 2.45) is 0 Å². The first kappa shape index (κ1) is 21.3. The maximum atomic E-state index is 6.26. The largest absolute Gasteiger partial charge is 0.455 e. The minimum Gasteiger partial charge on any atom is -0.455 e. The minimum atomic E-state index is 0.647. The Bertz CT molecular complexity index is 1810. The minimum absolute atomic E-state index is 0.647. The third-order valence-electron chi connectivity index (χ3n) is 6.74. The highest BCUT2D eigenvalue weighted by atomic mass is 16.3. The standard InChI is InChI=1S/C34H22N2O/c1-3-10-23(11-4-1)25-20-26(24-12-5-2-6-13-24)22-27(21-25)31-18-19-35-34(36-31)30-16-9-15-29-28-14-7-8-17-32(28)37-33(29)30/h1-22H. The zero-order chi connectivity index (χ0) is 24.6. The maximum absolute atomic E-state index is 6.26. The van der Waals surface area contributed by atoms with Gasteiger partial charge in [-0.15, -0.1) is 0 Å². The van der Waals surface area contributed by atoms with E-state index in [1.54, 1.807) is 0 Å². The van der Waals surface area contributed by atoms with Gasteiger partial charge < -0.3 is 4.42 Å². The van der Waals surface area contributed by atoms with Gasteiger partial charge in [-0.1, -0.05) is 91.0 Å². The third-order valence-corrected chi connectivity index (χ3v) is 6.74. The van der Waals surface area contributed by atoms with Crippen molar-refractivity contribution in [3.8, 4) is 44.9 Å². The second kappa shape index (κ2) is 8.89. The van der Waals surface area contributed by atoms with Crippen molar-refractivity contribution >= 4 is 21.9 Å². The Labute approximate surface area is 214 Å². The molecule has 0 fully saturated rings. The van der Waals surface area contributed by atoms with Gasteiger partial charge in [-0.3, -0.25) is 0 Å². The Kier molecular flexibility index (Phi) is 5.11. The van der Waals surface area contributed by atoms with Crippen LogP contribution in [-0.2, 0) is 0 Å². The Morgan fingerprint density at radius 3 is 1.84 bits per heavy atom. The molecule has 2 heterocycles. The van der Waals surface area contributed by atoms with Crippen LogP contribution in [0, 0.1) is 0 Å². The molecule has 5 aromatic carbocycles. The summed E-state index contributed by atoms with van der Waals surface area (Å²) in [5, 5.41) is 2.16. The predicted molar refractivity (Wildman–Crippen MR) is 151 cm³/mol. The molecular weight excluding hydrogens is 452 g/mol. The van der Waals surface area contributed by atoms with Crippen LogP contribution in [-0.4, -0.2) is 9.97 Å². The predicted octanol–water partition coefficient (Wildman–Crippen LogP) is 9.04. The van der Waals surface area contributed by atoms with Crippen molar-refractivity contribution < 1.29 is 4.42 Å². The van der Waals surface area contributed by atoms with E-state index in [4.69, 9.17) is 9.40 Å². The molecule has 2 aromatic heterocycles. The van der Waals surface area contributed by atoms with Crippen LogP contribution in [0.3, 0.4) is 0 Å². The monoisotopic (exact) mass is 474 g/mol. The lowest BCUT2D eigenvalue weighted by molar-refractivity contribution is 0.669. The molecule has 7 rings (SSSR count). The van der Waals surface area contributed by atoms with Crippen molar-refractivity contribution in [1.29, 1.82) is 0 Å². The topological polar surface area (TPSA) is 38.9 Å². The number of hydrogen-bond donors (Lipinski definition) is 0. The van der Waals surface area contributed by atoms with Crippen molar-refractivity contribution in [3.63, 3.8) is 0 Å². The Morgan fingerprint density at radius 2 is 1.11 bits per heavy atom. The van der Waals surface area contributed by atoms with Gasteiger partial charge in [0.05, 0.1) is 11.3 Å². The van der Waals surface area contributed by atoms with Crippen LogP contribution in [0.1, 0.15) is 0 Å². The summed E-state index contributed by atoms with van der Waals surface area (Å²) in [4.78, 5) is 9.68. The Morgan fingerprint density at radius 1 is 0.486 bits per heavy atom. The van der Waals surface area contributed by atoms with E-state index in [9.17, 15) is 0 Å². The number of benzene rings is 5. The molecule has 0 aliphatic rings. The highest BCUT2D eigenvalue weighted by molar-refractivity contribution is 6.09. The third kappa shape index (κ3) is 3.87. The van der Waals surface area contributed by atoms with E-state index in [-0.39, 0.29) is 0 Å². The van der Waals surface area contributed by atoms with Crippen molar-refractivity contribution in [1.82, 2.24) is 9.97 Å². The fraction of sp³-hybridized carbons (Fsp3) is 0. The Hall–Kier alpha value is -5.02.